The first-order valence-electron chi connectivity index (χ1n) is 11.2. The first-order chi connectivity index (χ1) is 17.1. The molecule has 6 nitrogen and oxygen atoms in total. The van der Waals surface area contributed by atoms with Gasteiger partial charge in [-0.3, -0.25) is 4.79 Å². The van der Waals surface area contributed by atoms with Gasteiger partial charge in [-0.25, -0.2) is 9.38 Å². The van der Waals surface area contributed by atoms with Crippen molar-refractivity contribution >= 4 is 45.0 Å². The van der Waals surface area contributed by atoms with Crippen LogP contribution in [0.4, 0.5) is 0 Å². The molecule has 0 radical (unpaired) electrons. The molecule has 178 valence electrons. The average Bonchev–Trinajstić information content (AvgIpc) is 3.36. The maximum atomic E-state index is 13.1. The smallest absolute Gasteiger partial charge is 0.274 e. The summed E-state index contributed by atoms with van der Waals surface area (Å²) in [5, 5.41) is 0.562. The van der Waals surface area contributed by atoms with Crippen LogP contribution in [0.3, 0.4) is 0 Å². The summed E-state index contributed by atoms with van der Waals surface area (Å²) in [5.74, 6) is 1.49. The number of ether oxygens (including phenoxy) is 3. The third kappa shape index (κ3) is 5.17. The monoisotopic (exact) mass is 506 g/mol. The summed E-state index contributed by atoms with van der Waals surface area (Å²) in [7, 11) is 0. The topological polar surface area (TPSA) is 62.1 Å². The van der Waals surface area contributed by atoms with E-state index in [1.165, 1.54) is 11.3 Å². The fourth-order valence-corrected chi connectivity index (χ4v) is 4.92. The summed E-state index contributed by atoms with van der Waals surface area (Å²) in [6, 6.07) is 20.8. The first kappa shape index (κ1) is 23.4. The molecule has 0 aliphatic carbocycles. The zero-order valence-corrected chi connectivity index (χ0v) is 20.6. The number of halogens is 1. The lowest BCUT2D eigenvalue weighted by molar-refractivity contribution is 0.0762. The predicted molar refractivity (Wildman–Crippen MR) is 140 cm³/mol. The Morgan fingerprint density at radius 3 is 2.51 bits per heavy atom. The van der Waals surface area contributed by atoms with Crippen molar-refractivity contribution < 1.29 is 14.2 Å². The number of benzene rings is 3. The number of rotatable bonds is 9. The quantitative estimate of drug-likeness (QED) is 0.266. The fourth-order valence-electron chi connectivity index (χ4n) is 3.76. The van der Waals surface area contributed by atoms with Gasteiger partial charge >= 0.3 is 0 Å². The van der Waals surface area contributed by atoms with Crippen molar-refractivity contribution in [1.82, 2.24) is 9.38 Å². The van der Waals surface area contributed by atoms with Crippen molar-refractivity contribution in [3.8, 4) is 11.5 Å². The first-order valence-corrected chi connectivity index (χ1v) is 12.4. The highest BCUT2D eigenvalue weighted by Crippen LogP contribution is 2.24. The van der Waals surface area contributed by atoms with E-state index in [9.17, 15) is 4.79 Å². The number of aromatic nitrogens is 2. The molecular weight excluding hydrogens is 484 g/mol. The number of nitrogens with zero attached hydrogens (tertiary/aromatic N) is 2. The van der Waals surface area contributed by atoms with Crippen LogP contribution in [-0.2, 0) is 4.74 Å². The van der Waals surface area contributed by atoms with E-state index in [1.54, 1.807) is 28.7 Å². The molecule has 3 aromatic carbocycles. The zero-order chi connectivity index (χ0) is 24.2. The molecule has 0 aliphatic rings. The van der Waals surface area contributed by atoms with Gasteiger partial charge in [0.15, 0.2) is 4.96 Å². The average molecular weight is 507 g/mol. The summed E-state index contributed by atoms with van der Waals surface area (Å²) in [6.07, 6.45) is 1.80. The molecule has 0 amide bonds. The molecule has 0 atom stereocenters. The molecule has 0 bridgehead atoms. The molecule has 0 unspecified atom stereocenters. The van der Waals surface area contributed by atoms with Crippen molar-refractivity contribution in [2.45, 2.75) is 6.92 Å². The maximum absolute atomic E-state index is 13.1. The van der Waals surface area contributed by atoms with Crippen molar-refractivity contribution in [2.75, 3.05) is 26.4 Å². The minimum Gasteiger partial charge on any atom is -0.491 e. The summed E-state index contributed by atoms with van der Waals surface area (Å²) in [5.41, 5.74) is 3.32. The van der Waals surface area contributed by atoms with Crippen LogP contribution in [0.1, 0.15) is 11.1 Å². The summed E-state index contributed by atoms with van der Waals surface area (Å²) >= 11 is 7.57. The van der Waals surface area contributed by atoms with E-state index in [0.29, 0.717) is 46.7 Å². The summed E-state index contributed by atoms with van der Waals surface area (Å²) < 4.78 is 19.5. The van der Waals surface area contributed by atoms with Crippen LogP contribution < -0.4 is 19.6 Å². The predicted octanol–water partition coefficient (Wildman–Crippen LogP) is 4.89. The van der Waals surface area contributed by atoms with E-state index >= 15 is 0 Å². The molecule has 2 heterocycles. The van der Waals surface area contributed by atoms with Crippen molar-refractivity contribution in [3.63, 3.8) is 0 Å². The largest absolute Gasteiger partial charge is 0.491 e. The van der Waals surface area contributed by atoms with E-state index < -0.39 is 0 Å². The van der Waals surface area contributed by atoms with E-state index in [4.69, 9.17) is 25.8 Å². The van der Waals surface area contributed by atoms with Gasteiger partial charge in [-0.15, -0.1) is 0 Å². The molecule has 5 aromatic rings. The van der Waals surface area contributed by atoms with Crippen LogP contribution in [0.5, 0.6) is 11.5 Å². The molecule has 8 heteroatoms. The van der Waals surface area contributed by atoms with Gasteiger partial charge in [-0.05, 0) is 55.0 Å². The number of hydrogen-bond donors (Lipinski definition) is 0. The van der Waals surface area contributed by atoms with Gasteiger partial charge in [0.2, 0.25) is 0 Å². The Labute approximate surface area is 211 Å². The molecule has 0 spiro atoms. The normalized spacial score (nSPS) is 12.0. The zero-order valence-electron chi connectivity index (χ0n) is 19.1. The molecule has 0 saturated heterocycles. The Bertz CT molecular complexity index is 1590. The second-order valence-electron chi connectivity index (χ2n) is 7.89. The van der Waals surface area contributed by atoms with Gasteiger partial charge in [0.05, 0.1) is 28.8 Å². The summed E-state index contributed by atoms with van der Waals surface area (Å²) in [4.78, 5) is 18.3. The van der Waals surface area contributed by atoms with E-state index in [0.717, 1.165) is 27.9 Å². The van der Waals surface area contributed by atoms with Gasteiger partial charge in [0.1, 0.15) is 24.7 Å². The second kappa shape index (κ2) is 10.5. The van der Waals surface area contributed by atoms with Crippen LogP contribution >= 0.6 is 22.9 Å². The highest BCUT2D eigenvalue weighted by Gasteiger charge is 2.11. The fraction of sp³-hybridized carbons (Fsp3) is 0.185. The molecule has 5 rings (SSSR count). The van der Waals surface area contributed by atoms with Crippen LogP contribution in [0, 0.1) is 6.92 Å². The van der Waals surface area contributed by atoms with Crippen molar-refractivity contribution in [3.05, 3.63) is 97.8 Å². The Morgan fingerprint density at radius 1 is 0.943 bits per heavy atom. The highest BCUT2D eigenvalue weighted by atomic mass is 35.5. The number of hydrogen-bond acceptors (Lipinski definition) is 6. The maximum Gasteiger partial charge on any atom is 0.274 e. The van der Waals surface area contributed by atoms with Crippen molar-refractivity contribution in [2.24, 2.45) is 0 Å². The Balaban J connectivity index is 1.24. The lowest BCUT2D eigenvalue weighted by Gasteiger charge is -2.11. The van der Waals surface area contributed by atoms with Gasteiger partial charge in [-0.2, -0.15) is 0 Å². The van der Waals surface area contributed by atoms with Crippen LogP contribution in [0.2, 0.25) is 5.02 Å². The minimum atomic E-state index is -0.110. The molecule has 0 N–H and O–H groups in total. The van der Waals surface area contributed by atoms with Crippen molar-refractivity contribution in [1.29, 1.82) is 0 Å². The van der Waals surface area contributed by atoms with Gasteiger partial charge in [-0.1, -0.05) is 53.3 Å². The number of fused-ring (bicyclic) bond motifs is 3. The Hall–Kier alpha value is -3.39. The number of para-hydroxylation sites is 3. The molecule has 0 fully saturated rings. The Kier molecular flexibility index (Phi) is 6.99. The lowest BCUT2D eigenvalue weighted by Crippen LogP contribution is -2.22. The van der Waals surface area contributed by atoms with Crippen LogP contribution in [-0.4, -0.2) is 35.8 Å². The third-order valence-corrected chi connectivity index (χ3v) is 6.67. The number of imidazole rings is 1. The minimum absolute atomic E-state index is 0.110. The molecular formula is C27H23ClN2O4S. The molecule has 35 heavy (non-hydrogen) atoms. The van der Waals surface area contributed by atoms with E-state index in [2.05, 4.69) is 4.98 Å². The third-order valence-electron chi connectivity index (χ3n) is 5.47. The second-order valence-corrected chi connectivity index (χ2v) is 9.34. The van der Waals surface area contributed by atoms with Gasteiger partial charge < -0.3 is 14.2 Å². The van der Waals surface area contributed by atoms with Gasteiger partial charge in [0, 0.05) is 10.6 Å². The molecule has 0 aliphatic heterocycles. The Morgan fingerprint density at radius 2 is 1.69 bits per heavy atom. The van der Waals surface area contributed by atoms with Gasteiger partial charge in [0.25, 0.3) is 5.56 Å². The van der Waals surface area contributed by atoms with Crippen LogP contribution in [0.15, 0.2) is 71.5 Å². The number of thiazole rings is 1. The van der Waals surface area contributed by atoms with E-state index in [-0.39, 0.29) is 5.56 Å². The van der Waals surface area contributed by atoms with E-state index in [1.807, 2.05) is 55.5 Å². The highest BCUT2D eigenvalue weighted by molar-refractivity contribution is 7.15. The van der Waals surface area contributed by atoms with Crippen LogP contribution in [0.25, 0.3) is 22.1 Å². The lowest BCUT2D eigenvalue weighted by atomic mass is 10.2. The number of aryl methyl sites for hydroxylation is 1. The molecule has 0 saturated carbocycles. The SMILES string of the molecule is Cc1ccccc1OCCOCCOc1ccc(Cl)cc1/C=c1/sc2nc3ccccc3n2c1=O. The standard InChI is InChI=1S/C27H23ClN2O4S/c1-18-6-2-5-9-23(18)33-14-12-32-13-15-34-24-11-10-20(28)16-19(24)17-25-26(31)30-22-8-4-3-7-21(22)29-27(30)35-25/h2-11,16-17H,12-15H2,1H3/b25-17+. The molecule has 2 aromatic heterocycles. The summed E-state index contributed by atoms with van der Waals surface area (Å²) in [6.45, 7) is 3.70.